The smallest absolute Gasteiger partial charge is 0.287 e. The van der Waals surface area contributed by atoms with E-state index in [2.05, 4.69) is 9.97 Å². The molecule has 1 amide bonds. The first-order valence-corrected chi connectivity index (χ1v) is 8.49. The van der Waals surface area contributed by atoms with Crippen molar-refractivity contribution in [1.82, 2.24) is 9.97 Å². The SMILES string of the molecule is CN1CCCN(C(=O)c2nc3cccnc3s2)c2cc(F)ccc21. The van der Waals surface area contributed by atoms with Gasteiger partial charge in [-0.3, -0.25) is 4.79 Å². The Bertz CT molecular complexity index is 893. The minimum Gasteiger partial charge on any atom is -0.373 e. The molecule has 3 heterocycles. The van der Waals surface area contributed by atoms with E-state index in [1.165, 1.54) is 23.5 Å². The van der Waals surface area contributed by atoms with Gasteiger partial charge in [0.25, 0.3) is 5.91 Å². The van der Waals surface area contributed by atoms with Crippen LogP contribution in [0.3, 0.4) is 0 Å². The number of thiazole rings is 1. The average Bonchev–Trinajstić information content (AvgIpc) is 2.95. The normalized spacial score (nSPS) is 14.6. The number of amides is 1. The molecule has 1 aliphatic heterocycles. The quantitative estimate of drug-likeness (QED) is 0.681. The van der Waals surface area contributed by atoms with Crippen molar-refractivity contribution in [3.05, 3.63) is 47.4 Å². The van der Waals surface area contributed by atoms with Crippen LogP contribution in [-0.2, 0) is 0 Å². The van der Waals surface area contributed by atoms with Gasteiger partial charge in [-0.2, -0.15) is 0 Å². The van der Waals surface area contributed by atoms with Crippen LogP contribution in [0.2, 0.25) is 0 Å². The standard InChI is InChI=1S/C17H15FN4OS/c1-21-8-3-9-22(14-10-11(18)5-6-13(14)21)17(23)16-20-12-4-2-7-19-15(12)24-16/h2,4-7,10H,3,8-9H2,1H3. The molecule has 0 spiro atoms. The van der Waals surface area contributed by atoms with Gasteiger partial charge in [-0.15, -0.1) is 0 Å². The van der Waals surface area contributed by atoms with Gasteiger partial charge in [0.1, 0.15) is 16.2 Å². The Balaban J connectivity index is 1.78. The maximum Gasteiger partial charge on any atom is 0.287 e. The monoisotopic (exact) mass is 342 g/mol. The number of hydrogen-bond donors (Lipinski definition) is 0. The van der Waals surface area contributed by atoms with E-state index in [-0.39, 0.29) is 11.7 Å². The van der Waals surface area contributed by atoms with Crippen molar-refractivity contribution in [2.24, 2.45) is 0 Å². The number of anilines is 2. The first-order valence-electron chi connectivity index (χ1n) is 7.67. The molecule has 0 unspecified atom stereocenters. The maximum absolute atomic E-state index is 13.8. The van der Waals surface area contributed by atoms with Crippen molar-refractivity contribution < 1.29 is 9.18 Å². The molecule has 24 heavy (non-hydrogen) atoms. The molecular formula is C17H15FN4OS. The van der Waals surface area contributed by atoms with E-state index in [1.807, 2.05) is 18.0 Å². The fourth-order valence-electron chi connectivity index (χ4n) is 2.93. The fraction of sp³-hybridized carbons (Fsp3) is 0.235. The van der Waals surface area contributed by atoms with Crippen molar-refractivity contribution in [3.8, 4) is 0 Å². The summed E-state index contributed by atoms with van der Waals surface area (Å²) in [6, 6.07) is 8.18. The van der Waals surface area contributed by atoms with E-state index in [4.69, 9.17) is 0 Å². The molecule has 0 atom stereocenters. The van der Waals surface area contributed by atoms with Crippen LogP contribution in [0.1, 0.15) is 16.2 Å². The number of aromatic nitrogens is 2. The van der Waals surface area contributed by atoms with Crippen molar-refractivity contribution in [1.29, 1.82) is 0 Å². The number of carbonyl (C=O) groups is 1. The van der Waals surface area contributed by atoms with E-state index < -0.39 is 0 Å². The van der Waals surface area contributed by atoms with Gasteiger partial charge in [-0.05, 0) is 36.8 Å². The Morgan fingerprint density at radius 1 is 1.25 bits per heavy atom. The highest BCUT2D eigenvalue weighted by atomic mass is 32.1. The van der Waals surface area contributed by atoms with Gasteiger partial charge in [-0.1, -0.05) is 11.3 Å². The minimum atomic E-state index is -0.354. The summed E-state index contributed by atoms with van der Waals surface area (Å²) in [4.78, 5) is 26.0. The molecule has 7 heteroatoms. The van der Waals surface area contributed by atoms with Gasteiger partial charge in [0.15, 0.2) is 5.01 Å². The molecule has 122 valence electrons. The molecule has 0 radical (unpaired) electrons. The lowest BCUT2D eigenvalue weighted by atomic mass is 10.2. The van der Waals surface area contributed by atoms with Crippen LogP contribution < -0.4 is 9.80 Å². The molecule has 0 bridgehead atoms. The highest BCUT2D eigenvalue weighted by Crippen LogP contribution is 2.34. The topological polar surface area (TPSA) is 49.3 Å². The summed E-state index contributed by atoms with van der Waals surface area (Å²) < 4.78 is 13.8. The van der Waals surface area contributed by atoms with Gasteiger partial charge in [0, 0.05) is 26.3 Å². The van der Waals surface area contributed by atoms with Crippen LogP contribution >= 0.6 is 11.3 Å². The number of fused-ring (bicyclic) bond motifs is 2. The molecule has 5 nitrogen and oxygen atoms in total. The first kappa shape index (κ1) is 15.0. The van der Waals surface area contributed by atoms with Gasteiger partial charge >= 0.3 is 0 Å². The molecular weight excluding hydrogens is 327 g/mol. The molecule has 1 aliphatic rings. The zero-order valence-corrected chi connectivity index (χ0v) is 13.9. The summed E-state index contributed by atoms with van der Waals surface area (Å²) in [7, 11) is 1.95. The molecule has 0 N–H and O–H groups in total. The first-order chi connectivity index (χ1) is 11.6. The predicted octanol–water partition coefficient (Wildman–Crippen LogP) is 3.32. The maximum atomic E-state index is 13.8. The van der Waals surface area contributed by atoms with Gasteiger partial charge in [0.2, 0.25) is 0 Å². The molecule has 3 aromatic rings. The number of pyridine rings is 1. The van der Waals surface area contributed by atoms with E-state index in [0.29, 0.717) is 22.8 Å². The highest BCUT2D eigenvalue weighted by Gasteiger charge is 2.27. The summed E-state index contributed by atoms with van der Waals surface area (Å²) in [6.07, 6.45) is 2.49. The summed E-state index contributed by atoms with van der Waals surface area (Å²) >= 11 is 1.26. The van der Waals surface area contributed by atoms with Crippen molar-refractivity contribution in [2.45, 2.75) is 6.42 Å². The fourth-order valence-corrected chi connectivity index (χ4v) is 3.79. The van der Waals surface area contributed by atoms with Crippen molar-refractivity contribution >= 4 is 39.0 Å². The molecule has 0 fully saturated rings. The average molecular weight is 342 g/mol. The third-order valence-corrected chi connectivity index (χ3v) is 5.08. The Labute approximate surface area is 142 Å². The summed E-state index contributed by atoms with van der Waals surface area (Å²) in [6.45, 7) is 1.34. The molecule has 0 saturated carbocycles. The van der Waals surface area contributed by atoms with Crippen LogP contribution in [0.25, 0.3) is 10.3 Å². The van der Waals surface area contributed by atoms with Gasteiger partial charge < -0.3 is 9.80 Å². The number of carbonyl (C=O) groups excluding carboxylic acids is 1. The van der Waals surface area contributed by atoms with Crippen LogP contribution in [0.5, 0.6) is 0 Å². The Morgan fingerprint density at radius 3 is 2.96 bits per heavy atom. The van der Waals surface area contributed by atoms with Crippen LogP contribution in [0, 0.1) is 5.82 Å². The molecule has 1 aromatic carbocycles. The Hall–Kier alpha value is -2.54. The lowest BCUT2D eigenvalue weighted by Crippen LogP contribution is -2.31. The lowest BCUT2D eigenvalue weighted by molar-refractivity contribution is 0.0987. The van der Waals surface area contributed by atoms with Crippen LogP contribution in [0.15, 0.2) is 36.5 Å². The van der Waals surface area contributed by atoms with Crippen LogP contribution in [-0.4, -0.2) is 36.0 Å². The third-order valence-electron chi connectivity index (χ3n) is 4.11. The highest BCUT2D eigenvalue weighted by molar-refractivity contribution is 7.20. The lowest BCUT2D eigenvalue weighted by Gasteiger charge is -2.23. The van der Waals surface area contributed by atoms with Crippen molar-refractivity contribution in [3.63, 3.8) is 0 Å². The zero-order valence-electron chi connectivity index (χ0n) is 13.1. The number of halogens is 1. The number of rotatable bonds is 1. The Morgan fingerprint density at radius 2 is 2.12 bits per heavy atom. The van der Waals surface area contributed by atoms with Gasteiger partial charge in [0.05, 0.1) is 11.4 Å². The Kier molecular flexibility index (Phi) is 3.65. The summed E-state index contributed by atoms with van der Waals surface area (Å²) in [5, 5.41) is 0.378. The van der Waals surface area contributed by atoms with E-state index in [1.54, 1.807) is 23.2 Å². The second-order valence-electron chi connectivity index (χ2n) is 5.71. The number of benzene rings is 1. The second-order valence-corrected chi connectivity index (χ2v) is 6.69. The molecule has 2 aromatic heterocycles. The van der Waals surface area contributed by atoms with E-state index in [0.717, 1.165) is 23.5 Å². The minimum absolute atomic E-state index is 0.208. The van der Waals surface area contributed by atoms with Crippen molar-refractivity contribution in [2.75, 3.05) is 29.9 Å². The summed E-state index contributed by atoms with van der Waals surface area (Å²) in [5.41, 5.74) is 2.14. The van der Waals surface area contributed by atoms with Crippen LogP contribution in [0.4, 0.5) is 15.8 Å². The largest absolute Gasteiger partial charge is 0.373 e. The van der Waals surface area contributed by atoms with Gasteiger partial charge in [-0.25, -0.2) is 14.4 Å². The second kappa shape index (κ2) is 5.83. The van der Waals surface area contributed by atoms with E-state index >= 15 is 0 Å². The molecule has 0 aliphatic carbocycles. The molecule has 4 rings (SSSR count). The predicted molar refractivity (Wildman–Crippen MR) is 93.4 cm³/mol. The number of nitrogens with zero attached hydrogens (tertiary/aromatic N) is 4. The zero-order chi connectivity index (χ0) is 16.7. The third kappa shape index (κ3) is 2.50. The van der Waals surface area contributed by atoms with E-state index in [9.17, 15) is 9.18 Å². The summed E-state index contributed by atoms with van der Waals surface area (Å²) in [5.74, 6) is -0.562. The molecule has 0 saturated heterocycles. The number of hydrogen-bond acceptors (Lipinski definition) is 5.